The summed E-state index contributed by atoms with van der Waals surface area (Å²) < 4.78 is 19.6. The van der Waals surface area contributed by atoms with Gasteiger partial charge in [0.2, 0.25) is 5.91 Å². The molecule has 4 aromatic heterocycles. The zero-order valence-corrected chi connectivity index (χ0v) is 21.7. The van der Waals surface area contributed by atoms with Crippen molar-refractivity contribution in [2.45, 2.75) is 19.3 Å². The van der Waals surface area contributed by atoms with E-state index in [0.29, 0.717) is 22.6 Å². The average Bonchev–Trinajstić information content (AvgIpc) is 3.55. The Bertz CT molecular complexity index is 1910. The lowest BCUT2D eigenvalue weighted by atomic mass is 9.85. The Morgan fingerprint density at radius 2 is 1.90 bits per heavy atom. The largest absolute Gasteiger partial charge is 0.497 e. The number of methoxy groups -OCH3 is 1. The second-order valence-corrected chi connectivity index (χ2v) is 10.1. The van der Waals surface area contributed by atoms with Crippen LogP contribution in [0.3, 0.4) is 0 Å². The molecule has 3 N–H and O–H groups in total. The Balaban J connectivity index is 1.26. The van der Waals surface area contributed by atoms with E-state index in [0.717, 1.165) is 63.6 Å². The molecule has 0 atom stereocenters. The number of fused-ring (bicyclic) bond motifs is 2. The highest BCUT2D eigenvalue weighted by Gasteiger charge is 2.25. The molecule has 6 aromatic rings. The highest BCUT2D eigenvalue weighted by molar-refractivity contribution is 6.01. The van der Waals surface area contributed by atoms with Crippen LogP contribution in [0, 0.1) is 11.7 Å². The van der Waals surface area contributed by atoms with Crippen LogP contribution in [0.4, 0.5) is 10.1 Å². The number of amides is 1. The molecular weight excluding hydrogens is 507 g/mol. The number of hydrogen-bond donors (Lipinski definition) is 3. The van der Waals surface area contributed by atoms with Crippen LogP contribution in [-0.2, 0) is 4.79 Å². The van der Waals surface area contributed by atoms with Crippen LogP contribution in [0.5, 0.6) is 5.75 Å². The standard InChI is InChI=1S/C31H25FN6O2/c1-40-23-11-19(9-21(32)13-23)24-7-8-34-30-25(24)14-28(36-30)29-26-12-18(5-6-27(26)37-38-29)20-10-22(16-33-15-20)35-31(39)17-3-2-4-17/h5-17H,2-4H2,1H3,(H,34,36)(H,35,39)(H,37,38). The van der Waals surface area contributed by atoms with Gasteiger partial charge in [0.15, 0.2) is 0 Å². The molecule has 1 fully saturated rings. The summed E-state index contributed by atoms with van der Waals surface area (Å²) in [5.41, 5.74) is 7.11. The van der Waals surface area contributed by atoms with Gasteiger partial charge in [0.05, 0.1) is 30.2 Å². The zero-order valence-electron chi connectivity index (χ0n) is 21.7. The molecule has 0 bridgehead atoms. The lowest BCUT2D eigenvalue weighted by Crippen LogP contribution is -2.28. The van der Waals surface area contributed by atoms with Crippen molar-refractivity contribution < 1.29 is 13.9 Å². The minimum atomic E-state index is -0.373. The highest BCUT2D eigenvalue weighted by atomic mass is 19.1. The van der Waals surface area contributed by atoms with Crippen molar-refractivity contribution in [2.75, 3.05) is 12.4 Å². The maximum Gasteiger partial charge on any atom is 0.227 e. The quantitative estimate of drug-likeness (QED) is 0.221. The summed E-state index contributed by atoms with van der Waals surface area (Å²) >= 11 is 0. The number of carbonyl (C=O) groups excluding carboxylic acids is 1. The molecule has 9 heteroatoms. The number of halogens is 1. The van der Waals surface area contributed by atoms with Crippen LogP contribution >= 0.6 is 0 Å². The molecule has 198 valence electrons. The van der Waals surface area contributed by atoms with E-state index in [1.165, 1.54) is 19.2 Å². The highest BCUT2D eigenvalue weighted by Crippen LogP contribution is 2.36. The number of aromatic amines is 2. The summed E-state index contributed by atoms with van der Waals surface area (Å²) in [6.45, 7) is 0. The number of nitrogens with one attached hydrogen (secondary N) is 3. The first-order chi connectivity index (χ1) is 19.6. The van der Waals surface area contributed by atoms with Gasteiger partial charge in [0.25, 0.3) is 0 Å². The Labute approximate surface area is 228 Å². The molecule has 1 aliphatic carbocycles. The summed E-state index contributed by atoms with van der Waals surface area (Å²) in [7, 11) is 1.52. The average molecular weight is 533 g/mol. The fraction of sp³-hybridized carbons (Fsp3) is 0.161. The topological polar surface area (TPSA) is 109 Å². The number of aromatic nitrogens is 5. The first kappa shape index (κ1) is 24.0. The maximum absolute atomic E-state index is 14.3. The number of rotatable bonds is 6. The van der Waals surface area contributed by atoms with Crippen molar-refractivity contribution in [3.63, 3.8) is 0 Å². The molecule has 2 aromatic carbocycles. The predicted octanol–water partition coefficient (Wildman–Crippen LogP) is 6.72. The summed E-state index contributed by atoms with van der Waals surface area (Å²) in [5, 5.41) is 12.5. The number of nitrogens with zero attached hydrogens (tertiary/aromatic N) is 3. The van der Waals surface area contributed by atoms with E-state index in [1.54, 1.807) is 24.7 Å². The van der Waals surface area contributed by atoms with Gasteiger partial charge in [-0.1, -0.05) is 12.5 Å². The molecule has 0 radical (unpaired) electrons. The number of pyridine rings is 2. The number of carbonyl (C=O) groups is 1. The van der Waals surface area contributed by atoms with Crippen LogP contribution < -0.4 is 10.1 Å². The molecule has 1 saturated carbocycles. The van der Waals surface area contributed by atoms with Crippen molar-refractivity contribution in [1.82, 2.24) is 25.1 Å². The van der Waals surface area contributed by atoms with Crippen LogP contribution in [0.15, 0.2) is 73.2 Å². The lowest BCUT2D eigenvalue weighted by Gasteiger charge is -2.24. The molecule has 0 unspecified atom stereocenters. The predicted molar refractivity (Wildman–Crippen MR) is 152 cm³/mol. The van der Waals surface area contributed by atoms with Gasteiger partial charge in [0, 0.05) is 40.7 Å². The van der Waals surface area contributed by atoms with E-state index < -0.39 is 0 Å². The fourth-order valence-corrected chi connectivity index (χ4v) is 5.22. The maximum atomic E-state index is 14.3. The Kier molecular flexibility index (Phi) is 5.77. The molecule has 0 aliphatic heterocycles. The Morgan fingerprint density at radius 3 is 2.73 bits per heavy atom. The van der Waals surface area contributed by atoms with Crippen molar-refractivity contribution in [3.8, 4) is 39.4 Å². The molecule has 4 heterocycles. The third kappa shape index (κ3) is 4.25. The molecule has 1 aliphatic rings. The van der Waals surface area contributed by atoms with Gasteiger partial charge in [-0.05, 0) is 72.0 Å². The Hall–Kier alpha value is -5.05. The van der Waals surface area contributed by atoms with Gasteiger partial charge in [0.1, 0.15) is 22.9 Å². The van der Waals surface area contributed by atoms with Gasteiger partial charge >= 0.3 is 0 Å². The first-order valence-corrected chi connectivity index (χ1v) is 13.1. The van der Waals surface area contributed by atoms with Crippen molar-refractivity contribution >= 4 is 33.5 Å². The molecule has 1 amide bonds. The first-order valence-electron chi connectivity index (χ1n) is 13.1. The van der Waals surface area contributed by atoms with Crippen LogP contribution in [0.25, 0.3) is 55.6 Å². The second-order valence-electron chi connectivity index (χ2n) is 10.1. The normalized spacial score (nSPS) is 13.4. The fourth-order valence-electron chi connectivity index (χ4n) is 5.22. The van der Waals surface area contributed by atoms with E-state index >= 15 is 0 Å². The van der Waals surface area contributed by atoms with Gasteiger partial charge < -0.3 is 15.0 Å². The van der Waals surface area contributed by atoms with Gasteiger partial charge in [-0.3, -0.25) is 14.9 Å². The smallest absolute Gasteiger partial charge is 0.227 e. The summed E-state index contributed by atoms with van der Waals surface area (Å²) in [6, 6.07) is 16.5. The zero-order chi connectivity index (χ0) is 27.2. The summed E-state index contributed by atoms with van der Waals surface area (Å²) in [4.78, 5) is 24.7. The minimum absolute atomic E-state index is 0.0567. The molecular formula is C31H25FN6O2. The molecule has 0 saturated heterocycles. The number of H-pyrrole nitrogens is 2. The van der Waals surface area contributed by atoms with Crippen LogP contribution in [0.2, 0.25) is 0 Å². The number of hydrogen-bond acceptors (Lipinski definition) is 5. The summed E-state index contributed by atoms with van der Waals surface area (Å²) in [5.74, 6) is 0.230. The van der Waals surface area contributed by atoms with E-state index in [9.17, 15) is 9.18 Å². The third-order valence-corrected chi connectivity index (χ3v) is 7.58. The van der Waals surface area contributed by atoms with Gasteiger partial charge in [-0.2, -0.15) is 5.10 Å². The number of anilines is 1. The van der Waals surface area contributed by atoms with Crippen molar-refractivity contribution in [1.29, 1.82) is 0 Å². The van der Waals surface area contributed by atoms with Crippen LogP contribution in [0.1, 0.15) is 19.3 Å². The molecule has 7 rings (SSSR count). The van der Waals surface area contributed by atoms with Gasteiger partial charge in [-0.15, -0.1) is 0 Å². The summed E-state index contributed by atoms with van der Waals surface area (Å²) in [6.07, 6.45) is 8.15. The minimum Gasteiger partial charge on any atom is -0.497 e. The van der Waals surface area contributed by atoms with E-state index in [2.05, 4.69) is 36.5 Å². The third-order valence-electron chi connectivity index (χ3n) is 7.58. The molecule has 40 heavy (non-hydrogen) atoms. The monoisotopic (exact) mass is 532 g/mol. The SMILES string of the molecule is COc1cc(F)cc(-c2ccnc3[nH]c(-c4n[nH]c5ccc(-c6cncc(NC(=O)C7CCC7)c6)cc45)cc23)c1. The van der Waals surface area contributed by atoms with E-state index in [-0.39, 0.29) is 17.6 Å². The van der Waals surface area contributed by atoms with Crippen LogP contribution in [-0.4, -0.2) is 38.2 Å². The number of benzene rings is 2. The van der Waals surface area contributed by atoms with Gasteiger partial charge in [-0.25, -0.2) is 9.37 Å². The molecule has 0 spiro atoms. The Morgan fingerprint density at radius 1 is 1.00 bits per heavy atom. The second kappa shape index (κ2) is 9.60. The number of ether oxygens (including phenoxy) is 1. The molecule has 8 nitrogen and oxygen atoms in total. The lowest BCUT2D eigenvalue weighted by molar-refractivity contribution is -0.122. The van der Waals surface area contributed by atoms with Crippen molar-refractivity contribution in [3.05, 3.63) is 79.0 Å². The van der Waals surface area contributed by atoms with E-state index in [1.807, 2.05) is 30.3 Å². The van der Waals surface area contributed by atoms with E-state index in [4.69, 9.17) is 4.74 Å². The van der Waals surface area contributed by atoms with Crippen molar-refractivity contribution in [2.24, 2.45) is 5.92 Å².